The molecule has 0 spiro atoms. The number of aliphatic hydroxyl groups is 1. The van der Waals surface area contributed by atoms with Crippen LogP contribution in [0.1, 0.15) is 23.7 Å². The highest BCUT2D eigenvalue weighted by Crippen LogP contribution is 2.25. The lowest BCUT2D eigenvalue weighted by atomic mass is 10.1. The Kier molecular flexibility index (Phi) is 9.06. The molecule has 3 N–H and O–H groups in total. The van der Waals surface area contributed by atoms with Crippen molar-refractivity contribution in [1.82, 2.24) is 5.32 Å². The van der Waals surface area contributed by atoms with Crippen LogP contribution in [-0.2, 0) is 21.1 Å². The highest BCUT2D eigenvalue weighted by atomic mass is 35.5. The molecule has 0 bridgehead atoms. The quantitative estimate of drug-likeness (QED) is 0.321. The lowest BCUT2D eigenvalue weighted by Crippen LogP contribution is -2.22. The van der Waals surface area contributed by atoms with Gasteiger partial charge in [0.05, 0.1) is 15.9 Å². The van der Waals surface area contributed by atoms with Gasteiger partial charge in [-0.2, -0.15) is 0 Å². The molecule has 0 radical (unpaired) electrons. The van der Waals surface area contributed by atoms with Gasteiger partial charge in [-0.3, -0.25) is 0 Å². The van der Waals surface area contributed by atoms with Crippen molar-refractivity contribution in [2.75, 3.05) is 19.7 Å². The van der Waals surface area contributed by atoms with Crippen LogP contribution in [0.5, 0.6) is 5.75 Å². The van der Waals surface area contributed by atoms with Crippen LogP contribution < -0.4 is 10.1 Å². The first-order valence-corrected chi connectivity index (χ1v) is 12.5. The van der Waals surface area contributed by atoms with Gasteiger partial charge in [0.1, 0.15) is 5.75 Å². The molecular weight excluding hydrogens is 478 g/mol. The molecule has 3 rings (SSSR count). The first-order chi connectivity index (χ1) is 16.3. The smallest absolute Gasteiger partial charge is 0.341 e. The fraction of sp³-hybridized carbons (Fsp3) is 0.240. The van der Waals surface area contributed by atoms with E-state index < -0.39 is 28.5 Å². The molecule has 0 saturated carbocycles. The summed E-state index contributed by atoms with van der Waals surface area (Å²) >= 11 is 5.95. The summed E-state index contributed by atoms with van der Waals surface area (Å²) in [6.07, 6.45) is 0.924. The fourth-order valence-electron chi connectivity index (χ4n) is 3.34. The fourth-order valence-corrected chi connectivity index (χ4v) is 4.83. The van der Waals surface area contributed by atoms with E-state index in [1.165, 1.54) is 24.3 Å². The van der Waals surface area contributed by atoms with Gasteiger partial charge in [-0.05, 0) is 73.0 Å². The zero-order valence-electron chi connectivity index (χ0n) is 18.4. The standard InChI is InChI=1S/C25H26ClNO6S/c26-20-6-1-5-19(14-20)24(28)16-27-13-3-4-18-9-11-22(12-10-18)34(31,32)23-8-2-7-21(15-23)33-17-25(29)30/h1-2,5-12,14-15,24,27-28H,3-4,13,16-17H2,(H,29,30)/t24-/m0/s1. The number of hydrogen-bond acceptors (Lipinski definition) is 6. The van der Waals surface area contributed by atoms with Crippen molar-refractivity contribution < 1.29 is 28.2 Å². The number of sulfone groups is 1. The van der Waals surface area contributed by atoms with E-state index in [0.717, 1.165) is 24.0 Å². The summed E-state index contributed by atoms with van der Waals surface area (Å²) in [7, 11) is -3.76. The number of aryl methyl sites for hydroxylation is 1. The van der Waals surface area contributed by atoms with Gasteiger partial charge < -0.3 is 20.3 Å². The van der Waals surface area contributed by atoms with E-state index in [4.69, 9.17) is 21.4 Å². The second kappa shape index (κ2) is 12.0. The van der Waals surface area contributed by atoms with Gasteiger partial charge in [0.2, 0.25) is 9.84 Å². The normalized spacial score (nSPS) is 12.3. The Hall–Kier alpha value is -2.91. The van der Waals surface area contributed by atoms with Gasteiger partial charge in [-0.25, -0.2) is 13.2 Å². The zero-order valence-corrected chi connectivity index (χ0v) is 19.9. The molecule has 1 atom stereocenters. The highest BCUT2D eigenvalue weighted by molar-refractivity contribution is 7.91. The van der Waals surface area contributed by atoms with Crippen molar-refractivity contribution in [3.63, 3.8) is 0 Å². The molecule has 180 valence electrons. The molecule has 34 heavy (non-hydrogen) atoms. The third-order valence-corrected chi connectivity index (χ3v) is 7.10. The highest BCUT2D eigenvalue weighted by Gasteiger charge is 2.18. The molecule has 0 amide bonds. The largest absolute Gasteiger partial charge is 0.482 e. The summed E-state index contributed by atoms with van der Waals surface area (Å²) < 4.78 is 30.9. The summed E-state index contributed by atoms with van der Waals surface area (Å²) in [5.74, 6) is -0.968. The maximum absolute atomic E-state index is 12.9. The summed E-state index contributed by atoms with van der Waals surface area (Å²) in [6, 6.07) is 19.6. The number of ether oxygens (including phenoxy) is 1. The molecule has 0 aliphatic heterocycles. The van der Waals surface area contributed by atoms with E-state index in [1.54, 1.807) is 42.5 Å². The van der Waals surface area contributed by atoms with E-state index in [9.17, 15) is 18.3 Å². The molecule has 3 aromatic rings. The molecule has 7 nitrogen and oxygen atoms in total. The summed E-state index contributed by atoms with van der Waals surface area (Å²) in [5, 5.41) is 22.7. The summed E-state index contributed by atoms with van der Waals surface area (Å²) in [5.41, 5.74) is 1.76. The van der Waals surface area contributed by atoms with Gasteiger partial charge in [0.15, 0.2) is 6.61 Å². The Morgan fingerprint density at radius 2 is 1.74 bits per heavy atom. The van der Waals surface area contributed by atoms with Gasteiger partial charge in [-0.1, -0.05) is 41.9 Å². The zero-order chi connectivity index (χ0) is 24.6. The van der Waals surface area contributed by atoms with Gasteiger partial charge in [-0.15, -0.1) is 0 Å². The molecular formula is C25H26ClNO6S. The van der Waals surface area contributed by atoms with Crippen LogP contribution in [0.25, 0.3) is 0 Å². The lowest BCUT2D eigenvalue weighted by molar-refractivity contribution is -0.139. The van der Waals surface area contributed by atoms with Crippen LogP contribution >= 0.6 is 11.6 Å². The molecule has 0 aliphatic rings. The number of hydrogen-bond donors (Lipinski definition) is 3. The molecule has 0 aliphatic carbocycles. The average Bonchev–Trinajstić information content (AvgIpc) is 2.83. The Morgan fingerprint density at radius 3 is 2.44 bits per heavy atom. The van der Waals surface area contributed by atoms with Crippen LogP contribution in [0, 0.1) is 0 Å². The van der Waals surface area contributed by atoms with Crippen LogP contribution in [0.3, 0.4) is 0 Å². The number of carboxylic acid groups (broad SMARTS) is 1. The first-order valence-electron chi connectivity index (χ1n) is 10.7. The molecule has 0 aromatic heterocycles. The molecule has 0 saturated heterocycles. The minimum Gasteiger partial charge on any atom is -0.482 e. The number of benzene rings is 3. The van der Waals surface area contributed by atoms with E-state index in [0.29, 0.717) is 18.1 Å². The minimum absolute atomic E-state index is 0.0330. The topological polar surface area (TPSA) is 113 Å². The lowest BCUT2D eigenvalue weighted by Gasteiger charge is -2.12. The molecule has 0 fully saturated rings. The van der Waals surface area contributed by atoms with Crippen LogP contribution in [-0.4, -0.2) is 44.3 Å². The van der Waals surface area contributed by atoms with Crippen LogP contribution in [0.15, 0.2) is 82.6 Å². The van der Waals surface area contributed by atoms with Crippen LogP contribution in [0.4, 0.5) is 0 Å². The average molecular weight is 504 g/mol. The number of halogens is 1. The number of aliphatic hydroxyl groups excluding tert-OH is 1. The first kappa shape index (κ1) is 25.7. The Labute approximate surface area is 203 Å². The van der Waals surface area contributed by atoms with E-state index in [1.807, 2.05) is 6.07 Å². The number of carboxylic acids is 1. The number of aliphatic carboxylic acids is 1. The third-order valence-electron chi connectivity index (χ3n) is 5.10. The van der Waals surface area contributed by atoms with Crippen molar-refractivity contribution in [3.05, 3.63) is 88.9 Å². The number of rotatable bonds is 12. The van der Waals surface area contributed by atoms with Crippen molar-refractivity contribution >= 4 is 27.4 Å². The molecule has 0 heterocycles. The predicted molar refractivity (Wildman–Crippen MR) is 129 cm³/mol. The predicted octanol–water partition coefficient (Wildman–Crippen LogP) is 3.89. The van der Waals surface area contributed by atoms with E-state index in [2.05, 4.69) is 5.32 Å². The van der Waals surface area contributed by atoms with Gasteiger partial charge >= 0.3 is 5.97 Å². The molecule has 9 heteroatoms. The van der Waals surface area contributed by atoms with Crippen molar-refractivity contribution in [3.8, 4) is 5.75 Å². The maximum atomic E-state index is 12.9. The SMILES string of the molecule is O=C(O)COc1cccc(S(=O)(=O)c2ccc(CCCNC[C@H](O)c3cccc(Cl)c3)cc2)c1. The van der Waals surface area contributed by atoms with Gasteiger partial charge in [0, 0.05) is 11.6 Å². The van der Waals surface area contributed by atoms with Crippen LogP contribution in [0.2, 0.25) is 5.02 Å². The molecule has 0 unspecified atom stereocenters. The minimum atomic E-state index is -3.76. The second-order valence-electron chi connectivity index (χ2n) is 7.68. The number of carbonyl (C=O) groups is 1. The third kappa shape index (κ3) is 7.30. The van der Waals surface area contributed by atoms with Crippen molar-refractivity contribution in [2.24, 2.45) is 0 Å². The van der Waals surface area contributed by atoms with Crippen molar-refractivity contribution in [1.29, 1.82) is 0 Å². The molecule has 3 aromatic carbocycles. The Bertz CT molecular complexity index is 1210. The second-order valence-corrected chi connectivity index (χ2v) is 10.1. The van der Waals surface area contributed by atoms with Gasteiger partial charge in [0.25, 0.3) is 0 Å². The number of nitrogens with one attached hydrogen (secondary N) is 1. The Morgan fingerprint density at radius 1 is 1.00 bits per heavy atom. The van der Waals surface area contributed by atoms with E-state index in [-0.39, 0.29) is 15.5 Å². The Balaban J connectivity index is 1.50. The van der Waals surface area contributed by atoms with E-state index >= 15 is 0 Å². The summed E-state index contributed by atoms with van der Waals surface area (Å²) in [4.78, 5) is 10.8. The van der Waals surface area contributed by atoms with Crippen molar-refractivity contribution in [2.45, 2.75) is 28.7 Å². The maximum Gasteiger partial charge on any atom is 0.341 e. The summed E-state index contributed by atoms with van der Waals surface area (Å²) in [6.45, 7) is 0.556. The monoisotopic (exact) mass is 503 g/mol.